The maximum atomic E-state index is 12.2. The summed E-state index contributed by atoms with van der Waals surface area (Å²) in [7, 11) is 0. The molecule has 5 heteroatoms. The van der Waals surface area contributed by atoms with Crippen LogP contribution in [0, 0.1) is 5.41 Å². The first-order valence-corrected chi connectivity index (χ1v) is 7.80. The fourth-order valence-electron chi connectivity index (χ4n) is 2.30. The van der Waals surface area contributed by atoms with Crippen molar-refractivity contribution in [3.8, 4) is 0 Å². The molecule has 0 heterocycles. The van der Waals surface area contributed by atoms with Crippen molar-refractivity contribution in [2.75, 3.05) is 19.4 Å². The molecule has 1 aliphatic rings. The molecule has 0 saturated heterocycles. The minimum Gasteiger partial charge on any atom is -0.378 e. The smallest absolute Gasteiger partial charge is 0.240 e. The molecule has 1 aliphatic carbocycles. The van der Waals surface area contributed by atoms with Crippen LogP contribution in [-0.2, 0) is 9.53 Å². The second-order valence-corrected chi connectivity index (χ2v) is 6.87. The molecule has 18 heavy (non-hydrogen) atoms. The minimum absolute atomic E-state index is 0.0515. The van der Waals surface area contributed by atoms with Gasteiger partial charge in [-0.3, -0.25) is 4.79 Å². The normalized spacial score (nSPS) is 31.6. The highest BCUT2D eigenvalue weighted by atomic mass is 32.2. The summed E-state index contributed by atoms with van der Waals surface area (Å²) in [5.74, 6) is -0.0515. The molecule has 0 aliphatic heterocycles. The van der Waals surface area contributed by atoms with E-state index in [-0.39, 0.29) is 17.4 Å². The molecule has 1 fully saturated rings. The molecule has 0 radical (unpaired) electrons. The molecule has 4 nitrogen and oxygen atoms in total. The lowest BCUT2D eigenvalue weighted by Gasteiger charge is -2.57. The maximum Gasteiger partial charge on any atom is 0.240 e. The highest BCUT2D eigenvalue weighted by Gasteiger charge is 2.62. The van der Waals surface area contributed by atoms with E-state index in [1.165, 1.54) is 0 Å². The number of ether oxygens (including phenoxy) is 1. The van der Waals surface area contributed by atoms with Crippen molar-refractivity contribution in [2.24, 2.45) is 11.1 Å². The number of amides is 1. The average Bonchev–Trinajstić information content (AvgIpc) is 2.34. The van der Waals surface area contributed by atoms with Gasteiger partial charge in [-0.2, -0.15) is 11.8 Å². The van der Waals surface area contributed by atoms with Crippen molar-refractivity contribution < 1.29 is 9.53 Å². The van der Waals surface area contributed by atoms with Crippen LogP contribution in [0.2, 0.25) is 0 Å². The first-order valence-electron chi connectivity index (χ1n) is 6.51. The van der Waals surface area contributed by atoms with Gasteiger partial charge >= 0.3 is 0 Å². The molecular weight excluding hydrogens is 248 g/mol. The van der Waals surface area contributed by atoms with Crippen molar-refractivity contribution in [1.29, 1.82) is 0 Å². The van der Waals surface area contributed by atoms with Crippen LogP contribution in [0.3, 0.4) is 0 Å². The van der Waals surface area contributed by atoms with Gasteiger partial charge in [-0.05, 0) is 13.2 Å². The molecule has 0 spiro atoms. The molecule has 1 saturated carbocycles. The Morgan fingerprint density at radius 3 is 2.67 bits per heavy atom. The fraction of sp³-hybridized carbons (Fsp3) is 0.923. The number of carbonyl (C=O) groups excluding carboxylic acids is 1. The topological polar surface area (TPSA) is 64.3 Å². The zero-order valence-electron chi connectivity index (χ0n) is 12.1. The van der Waals surface area contributed by atoms with Crippen LogP contribution in [0.25, 0.3) is 0 Å². The lowest BCUT2D eigenvalue weighted by atomic mass is 9.54. The van der Waals surface area contributed by atoms with E-state index >= 15 is 0 Å². The minimum atomic E-state index is -0.801. The van der Waals surface area contributed by atoms with Gasteiger partial charge in [-0.25, -0.2) is 0 Å². The summed E-state index contributed by atoms with van der Waals surface area (Å²) < 4.78 is 5.62. The van der Waals surface area contributed by atoms with Crippen molar-refractivity contribution in [3.63, 3.8) is 0 Å². The van der Waals surface area contributed by atoms with E-state index in [0.717, 1.165) is 0 Å². The van der Waals surface area contributed by atoms with Gasteiger partial charge in [-0.1, -0.05) is 20.8 Å². The van der Waals surface area contributed by atoms with E-state index in [4.69, 9.17) is 10.5 Å². The fourth-order valence-corrected chi connectivity index (χ4v) is 2.55. The summed E-state index contributed by atoms with van der Waals surface area (Å²) in [5.41, 5.74) is 5.16. The zero-order valence-corrected chi connectivity index (χ0v) is 12.9. The Kier molecular flexibility index (Phi) is 5.09. The lowest BCUT2D eigenvalue weighted by molar-refractivity contribution is -0.170. The van der Waals surface area contributed by atoms with Crippen LogP contribution in [0.5, 0.6) is 0 Å². The van der Waals surface area contributed by atoms with Crippen LogP contribution in [0.4, 0.5) is 0 Å². The van der Waals surface area contributed by atoms with E-state index in [2.05, 4.69) is 12.2 Å². The van der Waals surface area contributed by atoms with Crippen LogP contribution >= 0.6 is 11.8 Å². The largest absolute Gasteiger partial charge is 0.378 e. The Morgan fingerprint density at radius 1 is 1.61 bits per heavy atom. The third-order valence-electron chi connectivity index (χ3n) is 4.19. The van der Waals surface area contributed by atoms with Crippen LogP contribution in [0.1, 0.15) is 34.1 Å². The monoisotopic (exact) mass is 274 g/mol. The van der Waals surface area contributed by atoms with Gasteiger partial charge in [0.15, 0.2) is 0 Å². The molecule has 1 amide bonds. The van der Waals surface area contributed by atoms with Crippen molar-refractivity contribution in [1.82, 2.24) is 5.32 Å². The van der Waals surface area contributed by atoms with E-state index in [0.29, 0.717) is 24.8 Å². The van der Waals surface area contributed by atoms with Crippen molar-refractivity contribution >= 4 is 17.7 Å². The Morgan fingerprint density at radius 2 is 2.22 bits per heavy atom. The second kappa shape index (κ2) is 5.80. The number of nitrogens with two attached hydrogens (primary N) is 1. The number of carbonyl (C=O) groups is 1. The van der Waals surface area contributed by atoms with E-state index in [9.17, 15) is 4.79 Å². The quantitative estimate of drug-likeness (QED) is 0.768. The molecule has 0 aromatic heterocycles. The molecular formula is C13H26N2O2S. The number of hydrogen-bond donors (Lipinski definition) is 2. The summed E-state index contributed by atoms with van der Waals surface area (Å²) in [6.07, 6.45) is 2.72. The second-order valence-electron chi connectivity index (χ2n) is 5.60. The summed E-state index contributed by atoms with van der Waals surface area (Å²) in [4.78, 5) is 12.2. The average molecular weight is 274 g/mol. The predicted molar refractivity (Wildman–Crippen MR) is 76.7 cm³/mol. The standard InChI is InChI=1S/C13H26N2O2S/c1-6-17-10-7-13(14,12(10,3)4)11(16)15-8-9(2)18-5/h9-10H,6-8,14H2,1-5H3,(H,15,16). The van der Waals surface area contributed by atoms with Gasteiger partial charge in [0.05, 0.1) is 6.10 Å². The molecule has 3 atom stereocenters. The van der Waals surface area contributed by atoms with Crippen LogP contribution in [0.15, 0.2) is 0 Å². The molecule has 106 valence electrons. The molecule has 0 bridgehead atoms. The SMILES string of the molecule is CCOC1CC(N)(C(=O)NCC(C)SC)C1(C)C. The first-order chi connectivity index (χ1) is 8.29. The predicted octanol–water partition coefficient (Wildman–Crippen LogP) is 1.39. The molecule has 3 N–H and O–H groups in total. The summed E-state index contributed by atoms with van der Waals surface area (Å²) >= 11 is 1.73. The highest BCUT2D eigenvalue weighted by Crippen LogP contribution is 2.49. The molecule has 1 rings (SSSR count). The zero-order chi connectivity index (χ0) is 14.0. The maximum absolute atomic E-state index is 12.2. The van der Waals surface area contributed by atoms with Gasteiger partial charge in [-0.15, -0.1) is 0 Å². The molecule has 3 unspecified atom stereocenters. The summed E-state index contributed by atoms with van der Waals surface area (Å²) in [6.45, 7) is 9.39. The first kappa shape index (κ1) is 15.8. The Balaban J connectivity index is 2.58. The Bertz CT molecular complexity index is 309. The number of nitrogens with one attached hydrogen (secondary N) is 1. The third kappa shape index (κ3) is 2.68. The Labute approximate surface area is 114 Å². The van der Waals surface area contributed by atoms with Crippen LogP contribution in [-0.4, -0.2) is 42.2 Å². The van der Waals surface area contributed by atoms with Crippen molar-refractivity contribution in [2.45, 2.75) is 51.0 Å². The Hall–Kier alpha value is -0.260. The van der Waals surface area contributed by atoms with E-state index < -0.39 is 5.54 Å². The number of rotatable bonds is 6. The third-order valence-corrected chi connectivity index (χ3v) is 5.16. The number of thioether (sulfide) groups is 1. The van der Waals surface area contributed by atoms with Crippen LogP contribution < -0.4 is 11.1 Å². The van der Waals surface area contributed by atoms with E-state index in [1.54, 1.807) is 11.8 Å². The van der Waals surface area contributed by atoms with Crippen molar-refractivity contribution in [3.05, 3.63) is 0 Å². The summed E-state index contributed by atoms with van der Waals surface area (Å²) in [6, 6.07) is 0. The van der Waals surface area contributed by atoms with Gasteiger partial charge in [0, 0.05) is 30.2 Å². The summed E-state index contributed by atoms with van der Waals surface area (Å²) in [5, 5.41) is 3.36. The molecule has 0 aromatic carbocycles. The highest BCUT2D eigenvalue weighted by molar-refractivity contribution is 7.99. The number of hydrogen-bond acceptors (Lipinski definition) is 4. The molecule has 0 aromatic rings. The lowest BCUT2D eigenvalue weighted by Crippen LogP contribution is -2.75. The van der Waals surface area contributed by atoms with Gasteiger partial charge in [0.2, 0.25) is 5.91 Å². The van der Waals surface area contributed by atoms with Gasteiger partial charge in [0.25, 0.3) is 0 Å². The van der Waals surface area contributed by atoms with E-state index in [1.807, 2.05) is 27.0 Å². The van der Waals surface area contributed by atoms with Gasteiger partial charge in [0.1, 0.15) is 5.54 Å². The van der Waals surface area contributed by atoms with Gasteiger partial charge < -0.3 is 15.8 Å².